The van der Waals surface area contributed by atoms with Crippen molar-refractivity contribution in [2.24, 2.45) is 5.73 Å². The fourth-order valence-electron chi connectivity index (χ4n) is 2.01. The lowest BCUT2D eigenvalue weighted by atomic mass is 9.88. The van der Waals surface area contributed by atoms with E-state index in [0.717, 1.165) is 12.8 Å². The predicted molar refractivity (Wildman–Crippen MR) is 54.6 cm³/mol. The lowest BCUT2D eigenvalue weighted by Crippen LogP contribution is -2.41. The lowest BCUT2D eigenvalue weighted by molar-refractivity contribution is -0.139. The van der Waals surface area contributed by atoms with Gasteiger partial charge in [0.1, 0.15) is 11.8 Å². The van der Waals surface area contributed by atoms with Crippen LogP contribution in [0.25, 0.3) is 0 Å². The smallest absolute Gasteiger partial charge is 0.321 e. The summed E-state index contributed by atoms with van der Waals surface area (Å²) in [5, 5.41) is 18.6. The zero-order valence-electron chi connectivity index (χ0n) is 8.18. The molecule has 1 aliphatic carbocycles. The van der Waals surface area contributed by atoms with Crippen molar-refractivity contribution in [1.82, 2.24) is 0 Å². The van der Waals surface area contributed by atoms with Gasteiger partial charge in [0.15, 0.2) is 0 Å². The van der Waals surface area contributed by atoms with Gasteiger partial charge in [-0.2, -0.15) is 0 Å². The van der Waals surface area contributed by atoms with Crippen LogP contribution in [0.5, 0.6) is 5.75 Å². The quantitative estimate of drug-likeness (QED) is 0.685. The van der Waals surface area contributed by atoms with Crippen LogP contribution in [0.4, 0.5) is 0 Å². The van der Waals surface area contributed by atoms with E-state index in [-0.39, 0.29) is 5.75 Å². The van der Waals surface area contributed by atoms with Crippen molar-refractivity contribution in [2.75, 3.05) is 0 Å². The summed E-state index contributed by atoms with van der Waals surface area (Å²) in [5.41, 5.74) is 5.74. The molecule has 0 aromatic heterocycles. The summed E-state index contributed by atoms with van der Waals surface area (Å²) < 4.78 is 0. The van der Waals surface area contributed by atoms with E-state index in [2.05, 4.69) is 0 Å². The molecule has 1 atom stereocenters. The van der Waals surface area contributed by atoms with Gasteiger partial charge in [0.25, 0.3) is 0 Å². The van der Waals surface area contributed by atoms with Crippen LogP contribution in [0.1, 0.15) is 18.4 Å². The number of phenolic OH excluding ortho intramolecular Hbond substituents is 1. The highest BCUT2D eigenvalue weighted by atomic mass is 16.4. The lowest BCUT2D eigenvalue weighted by Gasteiger charge is -2.20. The van der Waals surface area contributed by atoms with Crippen molar-refractivity contribution in [3.05, 3.63) is 29.8 Å². The molecular weight excluding hydrogens is 194 g/mol. The second-order valence-electron chi connectivity index (χ2n) is 3.99. The first-order valence-corrected chi connectivity index (χ1v) is 4.85. The molecule has 1 unspecified atom stereocenters. The topological polar surface area (TPSA) is 83.6 Å². The minimum atomic E-state index is -1.02. The van der Waals surface area contributed by atoms with Crippen molar-refractivity contribution in [2.45, 2.75) is 24.3 Å². The number of nitrogens with two attached hydrogens (primary N) is 1. The van der Waals surface area contributed by atoms with Crippen LogP contribution in [-0.4, -0.2) is 22.2 Å². The Bertz CT molecular complexity index is 399. The minimum absolute atomic E-state index is 0.131. The molecule has 1 aliphatic rings. The van der Waals surface area contributed by atoms with Gasteiger partial charge in [-0.25, -0.2) is 0 Å². The van der Waals surface area contributed by atoms with Gasteiger partial charge in [-0.05, 0) is 18.9 Å². The molecule has 0 heterocycles. The molecule has 15 heavy (non-hydrogen) atoms. The average Bonchev–Trinajstić information content (AvgIpc) is 2.98. The van der Waals surface area contributed by atoms with Crippen LogP contribution in [0.15, 0.2) is 24.3 Å². The fourth-order valence-corrected chi connectivity index (χ4v) is 2.01. The van der Waals surface area contributed by atoms with Crippen LogP contribution in [0, 0.1) is 0 Å². The third kappa shape index (κ3) is 1.47. The van der Waals surface area contributed by atoms with Crippen LogP contribution >= 0.6 is 0 Å². The Hall–Kier alpha value is -1.55. The van der Waals surface area contributed by atoms with Gasteiger partial charge < -0.3 is 15.9 Å². The number of aromatic hydroxyl groups is 1. The summed E-state index contributed by atoms with van der Waals surface area (Å²) in [5.74, 6) is -0.887. The zero-order chi connectivity index (χ0) is 11.1. The Balaban J connectivity index is 2.39. The number of phenols is 1. The van der Waals surface area contributed by atoms with E-state index in [1.807, 2.05) is 0 Å². The number of carbonyl (C=O) groups is 1. The maximum Gasteiger partial charge on any atom is 0.321 e. The molecule has 4 N–H and O–H groups in total. The first-order chi connectivity index (χ1) is 7.08. The largest absolute Gasteiger partial charge is 0.508 e. The molecule has 0 saturated heterocycles. The monoisotopic (exact) mass is 207 g/mol. The van der Waals surface area contributed by atoms with Crippen molar-refractivity contribution >= 4 is 5.97 Å². The van der Waals surface area contributed by atoms with Gasteiger partial charge in [-0.1, -0.05) is 18.2 Å². The Morgan fingerprint density at radius 1 is 1.40 bits per heavy atom. The number of hydrogen-bond acceptors (Lipinski definition) is 3. The molecule has 0 radical (unpaired) electrons. The van der Waals surface area contributed by atoms with Crippen molar-refractivity contribution < 1.29 is 15.0 Å². The molecular formula is C11H13NO3. The Morgan fingerprint density at radius 2 is 2.00 bits per heavy atom. The van der Waals surface area contributed by atoms with Gasteiger partial charge in [0, 0.05) is 11.0 Å². The van der Waals surface area contributed by atoms with Gasteiger partial charge >= 0.3 is 5.97 Å². The van der Waals surface area contributed by atoms with E-state index in [1.54, 1.807) is 24.3 Å². The zero-order valence-corrected chi connectivity index (χ0v) is 8.18. The van der Waals surface area contributed by atoms with Crippen LogP contribution in [-0.2, 0) is 10.2 Å². The molecule has 4 nitrogen and oxygen atoms in total. The number of benzene rings is 1. The molecule has 1 fully saturated rings. The summed E-state index contributed by atoms with van der Waals surface area (Å²) in [6.07, 6.45) is 1.44. The summed E-state index contributed by atoms with van der Waals surface area (Å²) in [7, 11) is 0. The molecule has 80 valence electrons. The summed E-state index contributed by atoms with van der Waals surface area (Å²) >= 11 is 0. The Kier molecular flexibility index (Phi) is 2.16. The van der Waals surface area contributed by atoms with Crippen molar-refractivity contribution in [3.8, 4) is 5.75 Å². The summed E-state index contributed by atoms with van der Waals surface area (Å²) in [6.45, 7) is 0. The molecule has 0 bridgehead atoms. The highest BCUT2D eigenvalue weighted by Gasteiger charge is 2.53. The van der Waals surface area contributed by atoms with Gasteiger partial charge in [-0.15, -0.1) is 0 Å². The van der Waals surface area contributed by atoms with Gasteiger partial charge in [0.2, 0.25) is 0 Å². The highest BCUT2D eigenvalue weighted by molar-refractivity contribution is 5.77. The number of hydrogen-bond donors (Lipinski definition) is 3. The second-order valence-corrected chi connectivity index (χ2v) is 3.99. The predicted octanol–water partition coefficient (Wildman–Crippen LogP) is 0.836. The maximum atomic E-state index is 10.9. The van der Waals surface area contributed by atoms with Crippen LogP contribution < -0.4 is 5.73 Å². The maximum absolute atomic E-state index is 10.9. The molecule has 1 aromatic carbocycles. The van der Waals surface area contributed by atoms with Crippen LogP contribution in [0.2, 0.25) is 0 Å². The first kappa shape index (κ1) is 9.98. The summed E-state index contributed by atoms with van der Waals surface area (Å²) in [6, 6.07) is 5.85. The normalized spacial score (nSPS) is 19.5. The number of rotatable bonds is 3. The van der Waals surface area contributed by atoms with Crippen molar-refractivity contribution in [1.29, 1.82) is 0 Å². The average molecular weight is 207 g/mol. The third-order valence-electron chi connectivity index (χ3n) is 3.09. The SMILES string of the molecule is NC(C(=O)O)C1(c2ccccc2O)CC1. The van der Waals surface area contributed by atoms with E-state index < -0.39 is 17.4 Å². The Labute approximate surface area is 87.3 Å². The molecule has 0 amide bonds. The molecule has 0 aliphatic heterocycles. The molecule has 4 heteroatoms. The van der Waals surface area contributed by atoms with Gasteiger partial charge in [0.05, 0.1) is 0 Å². The summed E-state index contributed by atoms with van der Waals surface area (Å²) in [4.78, 5) is 10.9. The fraction of sp³-hybridized carbons (Fsp3) is 0.364. The highest BCUT2D eigenvalue weighted by Crippen LogP contribution is 2.52. The van der Waals surface area contributed by atoms with Crippen molar-refractivity contribution in [3.63, 3.8) is 0 Å². The molecule has 1 aromatic rings. The van der Waals surface area contributed by atoms with Crippen LogP contribution in [0.3, 0.4) is 0 Å². The molecule has 0 spiro atoms. The number of carboxylic acid groups (broad SMARTS) is 1. The first-order valence-electron chi connectivity index (χ1n) is 4.85. The third-order valence-corrected chi connectivity index (χ3v) is 3.09. The number of para-hydroxylation sites is 1. The van der Waals surface area contributed by atoms with E-state index >= 15 is 0 Å². The van der Waals surface area contributed by atoms with E-state index in [4.69, 9.17) is 10.8 Å². The Morgan fingerprint density at radius 3 is 2.47 bits per heavy atom. The second kappa shape index (κ2) is 3.24. The van der Waals surface area contributed by atoms with E-state index in [0.29, 0.717) is 5.56 Å². The molecule has 2 rings (SSSR count). The van der Waals surface area contributed by atoms with Gasteiger partial charge in [-0.3, -0.25) is 4.79 Å². The number of aliphatic carboxylic acids is 1. The van der Waals surface area contributed by atoms with E-state index in [9.17, 15) is 9.90 Å². The molecule has 1 saturated carbocycles. The number of carboxylic acids is 1. The minimum Gasteiger partial charge on any atom is -0.508 e. The standard InChI is InChI=1S/C11H13NO3/c12-9(10(14)15)11(5-6-11)7-3-1-2-4-8(7)13/h1-4,9,13H,5-6,12H2,(H,14,15). The van der Waals surface area contributed by atoms with E-state index in [1.165, 1.54) is 0 Å².